The summed E-state index contributed by atoms with van der Waals surface area (Å²) >= 11 is 0. The van der Waals surface area contributed by atoms with E-state index in [1.807, 2.05) is 18.3 Å². The van der Waals surface area contributed by atoms with Crippen molar-refractivity contribution in [1.29, 1.82) is 0 Å². The number of ketones is 2. The maximum absolute atomic E-state index is 13.9. The Bertz CT molecular complexity index is 2510. The van der Waals surface area contributed by atoms with E-state index in [0.29, 0.717) is 77.8 Å². The summed E-state index contributed by atoms with van der Waals surface area (Å²) in [5.74, 6) is 2.62. The van der Waals surface area contributed by atoms with Gasteiger partial charge in [-0.25, -0.2) is 0 Å². The van der Waals surface area contributed by atoms with Crippen molar-refractivity contribution >= 4 is 17.1 Å². The number of methoxy groups -OCH3 is 1. The minimum atomic E-state index is -0.437. The molecule has 0 spiro atoms. The first-order chi connectivity index (χ1) is 36.5. The number of aliphatic hydroxyl groups is 2. The van der Waals surface area contributed by atoms with Crippen LogP contribution >= 0.6 is 0 Å². The summed E-state index contributed by atoms with van der Waals surface area (Å²) in [6, 6.07) is 23.5. The van der Waals surface area contributed by atoms with E-state index < -0.39 is 6.61 Å². The predicted molar refractivity (Wildman–Crippen MR) is 300 cm³/mol. The third kappa shape index (κ3) is 14.6. The second-order valence-corrected chi connectivity index (χ2v) is 23.4. The van der Waals surface area contributed by atoms with Gasteiger partial charge in [-0.2, -0.15) is 0 Å². The second kappa shape index (κ2) is 26.4. The van der Waals surface area contributed by atoms with E-state index in [2.05, 4.69) is 82.0 Å². The molecule has 4 fully saturated rings. The molecule has 1 unspecified atom stereocenters. The molecule has 1 saturated heterocycles. The number of dihydropyridines is 1. The highest BCUT2D eigenvalue weighted by Crippen LogP contribution is 2.53. The number of ether oxygens (including phenoxy) is 1. The van der Waals surface area contributed by atoms with Crippen molar-refractivity contribution in [3.8, 4) is 11.5 Å². The molecule has 11 nitrogen and oxygen atoms in total. The predicted octanol–water partition coefficient (Wildman–Crippen LogP) is 8.98. The smallest absolute Gasteiger partial charge is 0.163 e. The highest BCUT2D eigenvalue weighted by Gasteiger charge is 2.49. The number of rotatable bonds is 24. The number of carbonyl (C=O) groups excluding carboxylic acids is 2. The van der Waals surface area contributed by atoms with Gasteiger partial charge in [0.15, 0.2) is 17.3 Å². The van der Waals surface area contributed by atoms with E-state index in [4.69, 9.17) is 10.5 Å². The molecule has 9 atom stereocenters. The van der Waals surface area contributed by atoms with Crippen LogP contribution in [0.5, 0.6) is 11.5 Å². The summed E-state index contributed by atoms with van der Waals surface area (Å²) in [6.45, 7) is 3.31. The number of carbonyl (C=O) groups is 2. The average molecular weight is 1020 g/mol. The Morgan fingerprint density at radius 2 is 1.73 bits per heavy atom. The van der Waals surface area contributed by atoms with Gasteiger partial charge in [0, 0.05) is 37.8 Å². The first-order valence-corrected chi connectivity index (χ1v) is 28.9. The van der Waals surface area contributed by atoms with E-state index in [0.717, 1.165) is 108 Å². The Kier molecular flexibility index (Phi) is 19.4. The Labute approximate surface area is 447 Å². The molecule has 9 N–H and O–H groups in total. The fourth-order valence-corrected chi connectivity index (χ4v) is 14.5. The highest BCUT2D eigenvalue weighted by atomic mass is 16.5. The number of aryl methyl sites for hydroxylation is 3. The molecule has 3 aromatic rings. The first kappa shape index (κ1) is 54.9. The fourth-order valence-electron chi connectivity index (χ4n) is 14.5. The van der Waals surface area contributed by atoms with Crippen molar-refractivity contribution in [3.05, 3.63) is 136 Å². The number of nitrogens with two attached hydrogens (primary N) is 1. The van der Waals surface area contributed by atoms with Crippen LogP contribution in [0.3, 0.4) is 0 Å². The van der Waals surface area contributed by atoms with Gasteiger partial charge in [0.1, 0.15) is 5.78 Å². The maximum atomic E-state index is 13.9. The number of allylic oxidation sites excluding steroid dienone is 3. The van der Waals surface area contributed by atoms with Crippen molar-refractivity contribution in [2.24, 2.45) is 40.7 Å². The molecule has 75 heavy (non-hydrogen) atoms. The van der Waals surface area contributed by atoms with E-state index in [-0.39, 0.29) is 47.2 Å². The number of nitrogens with one attached hydrogen (secondary N) is 4. The van der Waals surface area contributed by atoms with E-state index in [1.54, 1.807) is 12.1 Å². The summed E-state index contributed by atoms with van der Waals surface area (Å²) in [7, 11) is 1.48. The number of fused-ring (bicyclic) bond motifs is 2. The van der Waals surface area contributed by atoms with Gasteiger partial charge in [-0.05, 0) is 213 Å². The molecule has 6 aliphatic rings. The van der Waals surface area contributed by atoms with E-state index >= 15 is 0 Å². The number of hydrogen-bond acceptors (Lipinski definition) is 11. The van der Waals surface area contributed by atoms with E-state index in [9.17, 15) is 24.9 Å². The topological polar surface area (TPSA) is 178 Å². The second-order valence-electron chi connectivity index (χ2n) is 23.4. The van der Waals surface area contributed by atoms with Crippen molar-refractivity contribution in [1.82, 2.24) is 21.3 Å². The van der Waals surface area contributed by atoms with Gasteiger partial charge in [0.05, 0.1) is 32.4 Å². The van der Waals surface area contributed by atoms with Gasteiger partial charge in [0.2, 0.25) is 0 Å². The van der Waals surface area contributed by atoms with Crippen LogP contribution in [0.1, 0.15) is 131 Å². The zero-order valence-electron chi connectivity index (χ0n) is 44.8. The van der Waals surface area contributed by atoms with Crippen LogP contribution < -0.4 is 31.7 Å². The zero-order valence-corrected chi connectivity index (χ0v) is 44.8. The summed E-state index contributed by atoms with van der Waals surface area (Å²) in [5.41, 5.74) is 14.1. The number of aliphatic hydroxyl groups excluding tert-OH is 2. The third-order valence-corrected chi connectivity index (χ3v) is 18.4. The number of phenolic OH excluding ortho intramolecular Hbond substituents is 1. The van der Waals surface area contributed by atoms with Gasteiger partial charge in [-0.1, -0.05) is 86.0 Å². The van der Waals surface area contributed by atoms with E-state index in [1.165, 1.54) is 62.0 Å². The number of hydrogen-bond donors (Lipinski definition) is 8. The maximum Gasteiger partial charge on any atom is 0.163 e. The number of phenols is 1. The van der Waals surface area contributed by atoms with Gasteiger partial charge in [-0.15, -0.1) is 0 Å². The minimum absolute atomic E-state index is 0.0427. The van der Waals surface area contributed by atoms with Crippen LogP contribution in [0.15, 0.2) is 108 Å². The lowest BCUT2D eigenvalue weighted by molar-refractivity contribution is -0.124. The van der Waals surface area contributed by atoms with Crippen LogP contribution in [0, 0.1) is 35.0 Å². The van der Waals surface area contributed by atoms with Crippen molar-refractivity contribution in [2.75, 3.05) is 39.9 Å². The quantitative estimate of drug-likeness (QED) is 0.0244. The van der Waals surface area contributed by atoms with Crippen LogP contribution in [0.2, 0.25) is 0 Å². The SMILES string of the molecule is COc1cc(/C(=C/C(=O)CC(=O)CCC[C@@]2(C[C@H]3[C@@H]4CCNC[C@@H]4C[C@@H]4C=CCN[C@@H]34)CC[C@@H](NC[C@H](O)C3CCCCC3)C2)CO)c(CC2=CNC(N)C=C2CCc2cccc(CCc3ccccc3)c2)cc1O. The number of benzene rings is 3. The number of aromatic hydroxyl groups is 1. The molecular formula is C64H87N5O6. The van der Waals surface area contributed by atoms with Crippen LogP contribution in [-0.2, 0) is 35.3 Å². The normalized spacial score (nSPS) is 27.4. The molecule has 0 amide bonds. The van der Waals surface area contributed by atoms with Crippen molar-refractivity contribution < 1.29 is 29.6 Å². The zero-order chi connectivity index (χ0) is 52.2. The summed E-state index contributed by atoms with van der Waals surface area (Å²) in [5, 5.41) is 48.0. The number of Topliss-reactive ketones (excluding diaryl/α,β-unsaturated/α-hetero) is 1. The molecule has 0 radical (unpaired) electrons. The fraction of sp³-hybridized carbons (Fsp3) is 0.562. The molecule has 3 heterocycles. The summed E-state index contributed by atoms with van der Waals surface area (Å²) in [6.07, 6.45) is 28.0. The first-order valence-electron chi connectivity index (χ1n) is 28.9. The third-order valence-electron chi connectivity index (χ3n) is 18.4. The largest absolute Gasteiger partial charge is 0.504 e. The van der Waals surface area contributed by atoms with Gasteiger partial charge >= 0.3 is 0 Å². The van der Waals surface area contributed by atoms with Crippen LogP contribution in [-0.4, -0.2) is 91.1 Å². The minimum Gasteiger partial charge on any atom is -0.504 e. The van der Waals surface area contributed by atoms with Gasteiger partial charge < -0.3 is 47.1 Å². The van der Waals surface area contributed by atoms with Crippen molar-refractivity contribution in [3.63, 3.8) is 0 Å². The number of piperidine rings is 1. The monoisotopic (exact) mass is 1020 g/mol. The van der Waals surface area contributed by atoms with Gasteiger partial charge in [0.25, 0.3) is 0 Å². The molecule has 404 valence electrons. The lowest BCUT2D eigenvalue weighted by Gasteiger charge is -2.52. The van der Waals surface area contributed by atoms with Gasteiger partial charge in [-0.3, -0.25) is 9.59 Å². The van der Waals surface area contributed by atoms with Crippen LogP contribution in [0.25, 0.3) is 5.57 Å². The summed E-state index contributed by atoms with van der Waals surface area (Å²) in [4.78, 5) is 27.7. The van der Waals surface area contributed by atoms with Crippen molar-refractivity contribution in [2.45, 2.75) is 153 Å². The molecule has 3 aliphatic carbocycles. The molecule has 3 aliphatic heterocycles. The molecule has 9 rings (SSSR count). The Balaban J connectivity index is 0.849. The molecule has 3 aromatic carbocycles. The lowest BCUT2D eigenvalue weighted by atomic mass is 9.57. The summed E-state index contributed by atoms with van der Waals surface area (Å²) < 4.78 is 5.54. The molecule has 0 aromatic heterocycles. The molecule has 3 saturated carbocycles. The molecule has 11 heteroatoms. The average Bonchev–Trinajstić information content (AvgIpc) is 3.84. The molecular weight excluding hydrogens is 935 g/mol. The highest BCUT2D eigenvalue weighted by molar-refractivity contribution is 6.07. The Morgan fingerprint density at radius 3 is 2.53 bits per heavy atom. The Hall–Kier alpha value is -4.88. The standard InChI is InChI=1S/C64H87N5O6/c1-75-61-36-57(49(33-59(61)73)31-50-40-69-62(65)34-47(50)22-21-45-14-8-13-44(29-45)20-19-43-11-4-2-5-12-43)52(42-70)32-55(72)35-54(71)18-9-25-64(26-23-53(37-64)68-41-60(74)46-15-6-3-7-16-46)38-58-56-24-28-66-39-51(56)30-48-17-10-27-67-63(48)58/h2,4-5,8,10-14,17,29,32-34,36,40,46,48,51,53,56,58,60,62-63,66-70,73-74H,3,6-7,9,15-16,18-28,30-31,35,37-39,41-42,65H2,1H3/b52-32+/t48-,51-,53+,56+,58-,60-,62?,63+,64+/m0/s1. The van der Waals surface area contributed by atoms with Crippen LogP contribution in [0.4, 0.5) is 0 Å². The lowest BCUT2D eigenvalue weighted by Crippen LogP contribution is -2.56. The molecule has 0 bridgehead atoms. The Morgan fingerprint density at radius 1 is 0.947 bits per heavy atom.